The number of hydrogen-bond donors (Lipinski definition) is 0. The summed E-state index contributed by atoms with van der Waals surface area (Å²) in [6, 6.07) is 32.3. The third kappa shape index (κ3) is 5.66. The van der Waals surface area contributed by atoms with Gasteiger partial charge < -0.3 is 24.8 Å². The molecule has 4 aromatic rings. The Hall–Kier alpha value is -1.35. The van der Waals surface area contributed by atoms with E-state index in [1.54, 1.807) is 0 Å². The average Bonchev–Trinajstić information content (AvgIpc) is 3.46. The van der Waals surface area contributed by atoms with Crippen molar-refractivity contribution in [3.63, 3.8) is 0 Å². The Balaban J connectivity index is 0.000000180. The molecular formula is C30H19BrCl2SZr. The predicted octanol–water partition coefficient (Wildman–Crippen LogP) is 2.53. The molecule has 0 saturated carbocycles. The molecular weight excluding hydrogens is 634 g/mol. The maximum absolute atomic E-state index is 3.62. The summed E-state index contributed by atoms with van der Waals surface area (Å²) < 4.78 is 1.17. The fourth-order valence-electron chi connectivity index (χ4n) is 4.59. The molecule has 5 heteroatoms. The number of fused-ring (bicyclic) bond motifs is 2. The fraction of sp³-hybridized carbons (Fsp3) is 0.0667. The van der Waals surface area contributed by atoms with Crippen molar-refractivity contribution in [1.82, 2.24) is 0 Å². The Morgan fingerprint density at radius 2 is 1.31 bits per heavy atom. The van der Waals surface area contributed by atoms with Gasteiger partial charge in [-0.15, -0.1) is 23.3 Å². The Morgan fingerprint density at radius 1 is 0.629 bits per heavy atom. The third-order valence-electron chi connectivity index (χ3n) is 6.12. The third-order valence-corrected chi connectivity index (χ3v) is 7.79. The molecule has 0 N–H and O–H groups in total. The average molecular weight is 654 g/mol. The molecule has 4 aliphatic rings. The monoisotopic (exact) mass is 650 g/mol. The number of benzene rings is 4. The Kier molecular flexibility index (Phi) is 9.89. The van der Waals surface area contributed by atoms with E-state index in [4.69, 9.17) is 0 Å². The smallest absolute Gasteiger partial charge is 1.00 e. The standard InChI is InChI=1S/C15H10Br.C15H9S.2ClH.Zr/c16-14-8-4-7-12-9-10-13(15(12)14)11-5-2-1-3-6-11;1-2-10-8-12(3-1)16-13-5-7-15-11(9-13)4-6-14(10)15;;;/h1-9,13H;1-5,7-9,14H;2*1H;/q2*-1;;;+4/p-2. The van der Waals surface area contributed by atoms with Crippen LogP contribution in [0.1, 0.15) is 45.2 Å². The molecule has 170 valence electrons. The predicted molar refractivity (Wildman–Crippen MR) is 137 cm³/mol. The maximum atomic E-state index is 3.62. The first-order valence-corrected chi connectivity index (χ1v) is 12.3. The Bertz CT molecular complexity index is 1380. The van der Waals surface area contributed by atoms with E-state index in [1.165, 1.54) is 47.6 Å². The van der Waals surface area contributed by atoms with E-state index < -0.39 is 0 Å². The van der Waals surface area contributed by atoms with Crippen LogP contribution in [0.25, 0.3) is 12.2 Å². The van der Waals surface area contributed by atoms with Gasteiger partial charge in [-0.3, -0.25) is 12.2 Å². The molecule has 2 aliphatic carbocycles. The van der Waals surface area contributed by atoms with E-state index >= 15 is 0 Å². The van der Waals surface area contributed by atoms with Crippen molar-refractivity contribution < 1.29 is 51.0 Å². The van der Waals surface area contributed by atoms with Crippen LogP contribution < -0.4 is 24.8 Å². The van der Waals surface area contributed by atoms with E-state index in [-0.39, 0.29) is 56.9 Å². The number of allylic oxidation sites excluding steroid dienone is 2. The molecule has 0 nitrogen and oxygen atoms in total. The number of hydrogen-bond acceptors (Lipinski definition) is 1. The zero-order chi connectivity index (χ0) is 21.5. The summed E-state index contributed by atoms with van der Waals surface area (Å²) in [7, 11) is 0. The molecule has 2 aliphatic heterocycles. The van der Waals surface area contributed by atoms with E-state index in [1.807, 2.05) is 17.8 Å². The molecule has 0 spiro atoms. The first-order chi connectivity index (χ1) is 15.8. The van der Waals surface area contributed by atoms with Gasteiger partial charge in [-0.1, -0.05) is 117 Å². The largest absolute Gasteiger partial charge is 4.00 e. The fourth-order valence-corrected chi connectivity index (χ4v) is 6.13. The zero-order valence-electron chi connectivity index (χ0n) is 18.5. The van der Waals surface area contributed by atoms with Crippen molar-refractivity contribution in [1.29, 1.82) is 0 Å². The second-order valence-corrected chi connectivity index (χ2v) is 10.1. The summed E-state index contributed by atoms with van der Waals surface area (Å²) in [4.78, 5) is 2.64. The topological polar surface area (TPSA) is 0 Å². The summed E-state index contributed by atoms with van der Waals surface area (Å²) in [5, 5.41) is 0. The molecule has 0 amide bonds. The van der Waals surface area contributed by atoms with Gasteiger partial charge in [0.25, 0.3) is 0 Å². The van der Waals surface area contributed by atoms with E-state index in [2.05, 4.69) is 125 Å². The van der Waals surface area contributed by atoms with Gasteiger partial charge in [-0.25, -0.2) is 12.2 Å². The quantitative estimate of drug-likeness (QED) is 0.285. The van der Waals surface area contributed by atoms with Crippen LogP contribution in [0.2, 0.25) is 0 Å². The van der Waals surface area contributed by atoms with Crippen LogP contribution in [0.15, 0.2) is 105 Å². The molecule has 0 aromatic heterocycles. The van der Waals surface area contributed by atoms with Crippen molar-refractivity contribution in [2.75, 3.05) is 0 Å². The SMILES string of the molecule is Brc1cccc2c1C(c1ccccc1)[C-]=C2.[C-]1=Cc2cc3ccc2C1c1cccc(c1)S3.[Cl-].[Cl-].[Zr+4]. The molecule has 0 saturated heterocycles. The molecule has 2 heterocycles. The second-order valence-electron chi connectivity index (χ2n) is 8.11. The Morgan fingerprint density at radius 3 is 2.14 bits per heavy atom. The minimum Gasteiger partial charge on any atom is -1.00 e. The molecule has 4 aromatic carbocycles. The molecule has 6 bridgehead atoms. The van der Waals surface area contributed by atoms with Crippen molar-refractivity contribution in [3.05, 3.63) is 141 Å². The number of halogens is 3. The van der Waals surface area contributed by atoms with Crippen molar-refractivity contribution in [2.24, 2.45) is 0 Å². The van der Waals surface area contributed by atoms with Crippen molar-refractivity contribution in [2.45, 2.75) is 21.6 Å². The van der Waals surface area contributed by atoms with Crippen LogP contribution in [0.3, 0.4) is 0 Å². The molecule has 0 fully saturated rings. The maximum Gasteiger partial charge on any atom is 4.00 e. The first-order valence-electron chi connectivity index (χ1n) is 10.7. The molecule has 8 rings (SSSR count). The summed E-state index contributed by atoms with van der Waals surface area (Å²) in [6.45, 7) is 0. The van der Waals surface area contributed by atoms with Gasteiger partial charge >= 0.3 is 26.2 Å². The van der Waals surface area contributed by atoms with Gasteiger partial charge in [0.15, 0.2) is 0 Å². The molecule has 2 atom stereocenters. The Labute approximate surface area is 251 Å². The first kappa shape index (κ1) is 28.2. The molecule has 0 radical (unpaired) electrons. The van der Waals surface area contributed by atoms with Gasteiger partial charge in [0, 0.05) is 9.37 Å². The van der Waals surface area contributed by atoms with Gasteiger partial charge in [0.05, 0.1) is 0 Å². The van der Waals surface area contributed by atoms with Crippen molar-refractivity contribution >= 4 is 39.8 Å². The minimum atomic E-state index is 0. The van der Waals surface area contributed by atoms with E-state index in [0.717, 1.165) is 0 Å². The van der Waals surface area contributed by atoms with Crippen LogP contribution >= 0.6 is 27.7 Å². The zero-order valence-corrected chi connectivity index (χ0v) is 24.9. The van der Waals surface area contributed by atoms with Crippen LogP contribution in [0.5, 0.6) is 0 Å². The van der Waals surface area contributed by atoms with Crippen molar-refractivity contribution in [3.8, 4) is 0 Å². The normalized spacial score (nSPS) is 16.8. The summed E-state index contributed by atoms with van der Waals surface area (Å²) in [6.07, 6.45) is 11.1. The van der Waals surface area contributed by atoms with Crippen LogP contribution in [-0.2, 0) is 26.2 Å². The second kappa shape index (κ2) is 12.3. The van der Waals surface area contributed by atoms with Crippen LogP contribution in [0.4, 0.5) is 0 Å². The van der Waals surface area contributed by atoms with E-state index in [0.29, 0.717) is 5.92 Å². The van der Waals surface area contributed by atoms with Crippen LogP contribution in [0, 0.1) is 12.2 Å². The minimum absolute atomic E-state index is 0. The van der Waals surface area contributed by atoms with Gasteiger partial charge in [0.1, 0.15) is 0 Å². The molecule has 35 heavy (non-hydrogen) atoms. The molecule has 2 unspecified atom stereocenters. The van der Waals surface area contributed by atoms with Gasteiger partial charge in [-0.2, -0.15) is 11.1 Å². The van der Waals surface area contributed by atoms with E-state index in [9.17, 15) is 0 Å². The summed E-state index contributed by atoms with van der Waals surface area (Å²) in [5.74, 6) is 0.606. The summed E-state index contributed by atoms with van der Waals surface area (Å²) in [5.41, 5.74) is 7.97. The van der Waals surface area contributed by atoms with Gasteiger partial charge in [0.2, 0.25) is 0 Å². The number of rotatable bonds is 1. The van der Waals surface area contributed by atoms with Crippen LogP contribution in [-0.4, -0.2) is 0 Å². The van der Waals surface area contributed by atoms with Gasteiger partial charge in [-0.05, 0) is 17.0 Å². The summed E-state index contributed by atoms with van der Waals surface area (Å²) >= 11 is 5.46.